The summed E-state index contributed by atoms with van der Waals surface area (Å²) in [6, 6.07) is 5.78. The van der Waals surface area contributed by atoms with Crippen LogP contribution in [0.5, 0.6) is 0 Å². The van der Waals surface area contributed by atoms with Crippen LogP contribution >= 0.6 is 0 Å². The summed E-state index contributed by atoms with van der Waals surface area (Å²) in [4.78, 5) is 27.0. The molecule has 166 valence electrons. The highest BCUT2D eigenvalue weighted by molar-refractivity contribution is 5.78. The summed E-state index contributed by atoms with van der Waals surface area (Å²) in [5.41, 5.74) is 0.0375. The second-order valence-electron chi connectivity index (χ2n) is 7.43. The molecule has 2 aliphatic heterocycles. The van der Waals surface area contributed by atoms with Crippen LogP contribution in [0.3, 0.4) is 0 Å². The minimum absolute atomic E-state index is 0.0907. The lowest BCUT2D eigenvalue weighted by Gasteiger charge is -2.46. The van der Waals surface area contributed by atoms with Crippen LogP contribution in [0.1, 0.15) is 18.4 Å². The molecular weight excluding hydrogens is 412 g/mol. The number of hydrogen-bond acceptors (Lipinski definition) is 5. The highest BCUT2D eigenvalue weighted by Crippen LogP contribution is 2.32. The molecule has 0 saturated carbocycles. The average molecular weight is 434 g/mol. The summed E-state index contributed by atoms with van der Waals surface area (Å²) < 4.78 is 61.2. The fraction of sp³-hybridized carbons (Fsp3) is 0.579. The Morgan fingerprint density at radius 3 is 2.43 bits per heavy atom. The van der Waals surface area contributed by atoms with Gasteiger partial charge in [0.25, 0.3) is 0 Å². The van der Waals surface area contributed by atoms with Gasteiger partial charge in [-0.15, -0.1) is 0 Å². The van der Waals surface area contributed by atoms with Crippen molar-refractivity contribution in [3.05, 3.63) is 35.6 Å². The normalized spacial score (nSPS) is 20.4. The molecule has 0 aliphatic carbocycles. The number of carbonyl (C=O) groups excluding carboxylic acids is 2. The van der Waals surface area contributed by atoms with E-state index in [1.807, 2.05) is 0 Å². The van der Waals surface area contributed by atoms with Gasteiger partial charge in [-0.05, 0) is 30.5 Å². The van der Waals surface area contributed by atoms with Crippen LogP contribution in [0.4, 0.5) is 22.4 Å². The Bertz CT molecular complexity index is 763. The van der Waals surface area contributed by atoms with E-state index in [9.17, 15) is 27.2 Å². The van der Waals surface area contributed by atoms with E-state index in [0.717, 1.165) is 10.5 Å². The van der Waals surface area contributed by atoms with Gasteiger partial charge in [0.2, 0.25) is 12.0 Å². The van der Waals surface area contributed by atoms with Crippen LogP contribution in [-0.4, -0.2) is 77.6 Å². The Balaban J connectivity index is 1.57. The molecule has 30 heavy (non-hydrogen) atoms. The Kier molecular flexibility index (Phi) is 6.51. The van der Waals surface area contributed by atoms with Crippen molar-refractivity contribution in [2.24, 2.45) is 0 Å². The van der Waals surface area contributed by atoms with Crippen molar-refractivity contribution in [3.8, 4) is 0 Å². The van der Waals surface area contributed by atoms with Crippen LogP contribution in [0.2, 0.25) is 0 Å². The van der Waals surface area contributed by atoms with E-state index in [2.05, 4.69) is 4.74 Å². The van der Waals surface area contributed by atoms with Crippen molar-refractivity contribution < 1.29 is 41.7 Å². The zero-order valence-electron chi connectivity index (χ0n) is 16.0. The van der Waals surface area contributed by atoms with Crippen molar-refractivity contribution >= 4 is 12.0 Å². The number of nitrogens with zero attached hydrogens (tertiary/aromatic N) is 2. The van der Waals surface area contributed by atoms with E-state index in [1.54, 1.807) is 17.0 Å². The molecular formula is C19H22F4N2O5. The number of carbonyl (C=O) groups is 2. The van der Waals surface area contributed by atoms with Crippen LogP contribution in [-0.2, 0) is 20.8 Å². The number of likely N-dealkylation sites (tertiary alicyclic amines) is 1. The third-order valence-electron chi connectivity index (χ3n) is 5.33. The Morgan fingerprint density at radius 1 is 1.23 bits per heavy atom. The van der Waals surface area contributed by atoms with Crippen LogP contribution < -0.4 is 0 Å². The van der Waals surface area contributed by atoms with E-state index in [-0.39, 0.29) is 44.5 Å². The van der Waals surface area contributed by atoms with Gasteiger partial charge in [-0.2, -0.15) is 13.2 Å². The zero-order chi connectivity index (χ0) is 21.9. The molecule has 2 heterocycles. The molecule has 0 aromatic heterocycles. The third-order valence-corrected chi connectivity index (χ3v) is 5.33. The second-order valence-corrected chi connectivity index (χ2v) is 7.43. The summed E-state index contributed by atoms with van der Waals surface area (Å²) in [5.74, 6) is -0.598. The molecule has 1 N–H and O–H groups in total. The van der Waals surface area contributed by atoms with E-state index in [1.165, 1.54) is 12.1 Å². The SMILES string of the molecule is O=C1COC2(CCN(C(=O)O[C@H](CO)C(F)(F)F)CC2)CN1Cc1ccc(F)cc1. The van der Waals surface area contributed by atoms with Gasteiger partial charge in [-0.1, -0.05) is 12.1 Å². The smallest absolute Gasteiger partial charge is 0.427 e. The number of halogens is 4. The fourth-order valence-corrected chi connectivity index (χ4v) is 3.55. The van der Waals surface area contributed by atoms with Gasteiger partial charge < -0.3 is 24.4 Å². The molecule has 1 atom stereocenters. The number of ether oxygens (including phenoxy) is 2. The van der Waals surface area contributed by atoms with E-state index in [4.69, 9.17) is 9.84 Å². The molecule has 2 aliphatic rings. The average Bonchev–Trinajstić information content (AvgIpc) is 2.70. The van der Waals surface area contributed by atoms with Crippen molar-refractivity contribution in [2.75, 3.05) is 32.8 Å². The molecule has 3 rings (SSSR count). The highest BCUT2D eigenvalue weighted by Gasteiger charge is 2.46. The van der Waals surface area contributed by atoms with Crippen molar-refractivity contribution in [1.82, 2.24) is 9.80 Å². The van der Waals surface area contributed by atoms with Gasteiger partial charge in [0, 0.05) is 19.6 Å². The summed E-state index contributed by atoms with van der Waals surface area (Å²) in [7, 11) is 0. The monoisotopic (exact) mass is 434 g/mol. The molecule has 0 radical (unpaired) electrons. The van der Waals surface area contributed by atoms with Crippen LogP contribution in [0, 0.1) is 5.82 Å². The quantitative estimate of drug-likeness (QED) is 0.735. The molecule has 2 amide bonds. The first kappa shape index (κ1) is 22.3. The van der Waals surface area contributed by atoms with E-state index >= 15 is 0 Å². The Morgan fingerprint density at radius 2 is 1.87 bits per heavy atom. The van der Waals surface area contributed by atoms with Crippen molar-refractivity contribution in [3.63, 3.8) is 0 Å². The standard InChI is InChI=1S/C19H22F4N2O5/c20-14-3-1-13(2-4-14)9-25-12-18(29-11-16(25)27)5-7-24(8-6-18)17(28)30-15(10-26)19(21,22)23/h1-4,15,26H,5-12H2/t15-/m1/s1. The summed E-state index contributed by atoms with van der Waals surface area (Å²) in [6.45, 7) is -0.780. The first-order valence-electron chi connectivity index (χ1n) is 9.41. The van der Waals surface area contributed by atoms with E-state index < -0.39 is 30.6 Å². The van der Waals surface area contributed by atoms with Crippen LogP contribution in [0.25, 0.3) is 0 Å². The predicted octanol–water partition coefficient (Wildman–Crippen LogP) is 2.08. The van der Waals surface area contributed by atoms with Crippen LogP contribution in [0.15, 0.2) is 24.3 Å². The molecule has 1 aromatic rings. The molecule has 0 unspecified atom stereocenters. The summed E-state index contributed by atoms with van der Waals surface area (Å²) in [6.07, 6.45) is -7.96. The number of amides is 2. The third kappa shape index (κ3) is 5.20. The first-order valence-corrected chi connectivity index (χ1v) is 9.41. The number of hydrogen-bond donors (Lipinski definition) is 1. The molecule has 2 saturated heterocycles. The van der Waals surface area contributed by atoms with Crippen molar-refractivity contribution in [1.29, 1.82) is 0 Å². The Labute approximate surface area is 170 Å². The lowest BCUT2D eigenvalue weighted by atomic mass is 9.89. The number of benzene rings is 1. The zero-order valence-corrected chi connectivity index (χ0v) is 16.0. The lowest BCUT2D eigenvalue weighted by molar-refractivity contribution is -0.215. The number of morpholine rings is 1. The topological polar surface area (TPSA) is 79.3 Å². The maximum atomic E-state index is 13.1. The number of alkyl halides is 3. The largest absolute Gasteiger partial charge is 0.434 e. The summed E-state index contributed by atoms with van der Waals surface area (Å²) in [5, 5.41) is 8.80. The van der Waals surface area contributed by atoms with Gasteiger partial charge in [0.15, 0.2) is 0 Å². The molecule has 1 spiro atoms. The number of aliphatic hydroxyl groups is 1. The van der Waals surface area contributed by atoms with Crippen molar-refractivity contribution in [2.45, 2.75) is 37.3 Å². The minimum Gasteiger partial charge on any atom is -0.434 e. The number of piperidine rings is 1. The summed E-state index contributed by atoms with van der Waals surface area (Å²) >= 11 is 0. The second kappa shape index (κ2) is 8.76. The molecule has 7 nitrogen and oxygen atoms in total. The minimum atomic E-state index is -4.85. The van der Waals surface area contributed by atoms with E-state index in [0.29, 0.717) is 12.8 Å². The lowest BCUT2D eigenvalue weighted by Crippen LogP contribution is -2.59. The maximum Gasteiger partial charge on any atom is 0.427 e. The highest BCUT2D eigenvalue weighted by atomic mass is 19.4. The number of aliphatic hydroxyl groups excluding tert-OH is 1. The molecule has 1 aromatic carbocycles. The van der Waals surface area contributed by atoms with Gasteiger partial charge in [0.1, 0.15) is 12.4 Å². The van der Waals surface area contributed by atoms with Gasteiger partial charge in [0.05, 0.1) is 18.8 Å². The Hall–Kier alpha value is -2.40. The maximum absolute atomic E-state index is 13.1. The van der Waals surface area contributed by atoms with Gasteiger partial charge >= 0.3 is 12.3 Å². The molecule has 0 bridgehead atoms. The van der Waals surface area contributed by atoms with Gasteiger partial charge in [-0.3, -0.25) is 4.79 Å². The molecule has 2 fully saturated rings. The first-order chi connectivity index (χ1) is 14.1. The fourth-order valence-electron chi connectivity index (χ4n) is 3.55. The van der Waals surface area contributed by atoms with Gasteiger partial charge in [-0.25, -0.2) is 9.18 Å². The molecule has 11 heteroatoms. The predicted molar refractivity (Wildman–Crippen MR) is 94.7 cm³/mol. The number of rotatable bonds is 4.